The summed E-state index contributed by atoms with van der Waals surface area (Å²) < 4.78 is 10.6. The maximum Gasteiger partial charge on any atom is -1.00 e. The fourth-order valence-corrected chi connectivity index (χ4v) is 1.53. The molecule has 0 saturated carbocycles. The van der Waals surface area contributed by atoms with E-state index in [0.29, 0.717) is 11.8 Å². The molecule has 2 nitrogen and oxygen atoms in total. The van der Waals surface area contributed by atoms with Crippen LogP contribution in [0.2, 0.25) is 0 Å². The molecule has 0 atom stereocenters. The molecule has 0 aliphatic rings. The van der Waals surface area contributed by atoms with Crippen molar-refractivity contribution < 1.29 is 20.0 Å². The molecule has 0 aliphatic heterocycles. The van der Waals surface area contributed by atoms with Crippen LogP contribution in [-0.4, -0.2) is 29.1 Å². The normalized spacial score (nSPS) is 9.83. The largest absolute Gasteiger partial charge is 1.00 e. The van der Waals surface area contributed by atoms with Crippen LogP contribution in [-0.2, 0) is 7.58 Å². The summed E-state index contributed by atoms with van der Waals surface area (Å²) in [5.41, 5.74) is 0. The Morgan fingerprint density at radius 2 is 1.25 bits per heavy atom. The van der Waals surface area contributed by atoms with Gasteiger partial charge in [0.25, 0.3) is 0 Å². The van der Waals surface area contributed by atoms with Crippen LogP contribution >= 0.6 is 0 Å². The molecule has 4 heteroatoms. The molecular formula is C8H18AlClO2. The quantitative estimate of drug-likeness (QED) is 0.406. The van der Waals surface area contributed by atoms with Gasteiger partial charge in [0.15, 0.2) is 0 Å². The summed E-state index contributed by atoms with van der Waals surface area (Å²) in [6.45, 7) is 10.2. The predicted molar refractivity (Wildman–Crippen MR) is 47.3 cm³/mol. The molecule has 0 fully saturated rings. The van der Waals surface area contributed by atoms with Crippen molar-refractivity contribution in [2.24, 2.45) is 11.8 Å². The molecule has 0 heterocycles. The fraction of sp³-hybridized carbons (Fsp3) is 1.00. The topological polar surface area (TPSA) is 18.5 Å². The Balaban J connectivity index is 0. The number of hydrogen-bond donors (Lipinski definition) is 0. The summed E-state index contributed by atoms with van der Waals surface area (Å²) >= 11 is -0.228. The van der Waals surface area contributed by atoms with Gasteiger partial charge in [0.05, 0.1) is 0 Å². The molecule has 72 valence electrons. The van der Waals surface area contributed by atoms with Gasteiger partial charge < -0.3 is 12.4 Å². The molecular weight excluding hydrogens is 191 g/mol. The molecule has 0 aromatic rings. The minimum absolute atomic E-state index is 0. The van der Waals surface area contributed by atoms with E-state index in [1.54, 1.807) is 0 Å². The van der Waals surface area contributed by atoms with Crippen molar-refractivity contribution in [3.8, 4) is 0 Å². The van der Waals surface area contributed by atoms with Crippen LogP contribution in [0.15, 0.2) is 0 Å². The first-order chi connectivity index (χ1) is 5.13. The molecule has 0 spiro atoms. The molecule has 0 unspecified atom stereocenters. The molecule has 0 radical (unpaired) electrons. The number of halogens is 1. The first-order valence-electron chi connectivity index (χ1n) is 4.17. The van der Waals surface area contributed by atoms with Crippen molar-refractivity contribution in [2.45, 2.75) is 27.7 Å². The molecule has 12 heavy (non-hydrogen) atoms. The fourth-order valence-electron chi connectivity index (χ4n) is 0.512. The Kier molecular flexibility index (Phi) is 12.5. The second kappa shape index (κ2) is 9.83. The van der Waals surface area contributed by atoms with E-state index in [1.165, 1.54) is 0 Å². The molecule has 0 amide bonds. The van der Waals surface area contributed by atoms with Gasteiger partial charge in [-0.05, 0) is 0 Å². The maximum atomic E-state index is 5.31. The van der Waals surface area contributed by atoms with Crippen molar-refractivity contribution in [2.75, 3.05) is 13.2 Å². The van der Waals surface area contributed by atoms with Crippen LogP contribution in [0.4, 0.5) is 0 Å². The van der Waals surface area contributed by atoms with Crippen molar-refractivity contribution in [3.05, 3.63) is 0 Å². The zero-order chi connectivity index (χ0) is 8.69. The third-order valence-electron chi connectivity index (χ3n) is 0.995. The molecule has 0 aromatic heterocycles. The second-order valence-electron chi connectivity index (χ2n) is 3.55. The first kappa shape index (κ1) is 15.2. The Bertz CT molecular complexity index is 79.1. The van der Waals surface area contributed by atoms with E-state index < -0.39 is 0 Å². The molecule has 0 aromatic carbocycles. The van der Waals surface area contributed by atoms with Crippen LogP contribution in [0.1, 0.15) is 27.7 Å². The Morgan fingerprint density at radius 1 is 0.917 bits per heavy atom. The van der Waals surface area contributed by atoms with Crippen LogP contribution in [0, 0.1) is 11.8 Å². The summed E-state index contributed by atoms with van der Waals surface area (Å²) in [7, 11) is 0. The van der Waals surface area contributed by atoms with E-state index in [0.717, 1.165) is 13.2 Å². The molecule has 0 N–H and O–H groups in total. The minimum atomic E-state index is -0.228. The first-order valence-corrected chi connectivity index (χ1v) is 5.12. The third kappa shape index (κ3) is 13.3. The summed E-state index contributed by atoms with van der Waals surface area (Å²) in [6, 6.07) is 0. The third-order valence-corrected chi connectivity index (χ3v) is 1.65. The number of hydrogen-bond acceptors (Lipinski definition) is 2. The Morgan fingerprint density at radius 3 is 1.50 bits per heavy atom. The van der Waals surface area contributed by atoms with Crippen molar-refractivity contribution >= 4 is 15.9 Å². The van der Waals surface area contributed by atoms with Gasteiger partial charge >= 0.3 is 76.2 Å². The van der Waals surface area contributed by atoms with Crippen molar-refractivity contribution in [1.82, 2.24) is 0 Å². The molecule has 0 saturated heterocycles. The minimum Gasteiger partial charge on any atom is -1.00 e. The van der Waals surface area contributed by atoms with Gasteiger partial charge in [-0.3, -0.25) is 0 Å². The van der Waals surface area contributed by atoms with Gasteiger partial charge in [-0.2, -0.15) is 0 Å². The number of rotatable bonds is 6. The van der Waals surface area contributed by atoms with Gasteiger partial charge in [-0.25, -0.2) is 0 Å². The summed E-state index contributed by atoms with van der Waals surface area (Å²) in [4.78, 5) is 0. The monoisotopic (exact) mass is 208 g/mol. The van der Waals surface area contributed by atoms with E-state index in [9.17, 15) is 0 Å². The standard InChI is InChI=1S/2C4H9O.Al.ClH/c2*1-4(2)3-5;;/h2*4H,3H2,1-2H3;;1H/q2*-1;+3;/p-1. The Hall–Kier alpha value is 0.742. The van der Waals surface area contributed by atoms with E-state index >= 15 is 0 Å². The van der Waals surface area contributed by atoms with E-state index in [4.69, 9.17) is 7.58 Å². The molecule has 0 aliphatic carbocycles. The zero-order valence-electron chi connectivity index (χ0n) is 8.34. The van der Waals surface area contributed by atoms with Gasteiger partial charge in [0, 0.05) is 0 Å². The maximum absolute atomic E-state index is 5.31. The summed E-state index contributed by atoms with van der Waals surface area (Å²) in [5.74, 6) is 1.23. The van der Waals surface area contributed by atoms with Gasteiger partial charge in [0.2, 0.25) is 0 Å². The smallest absolute Gasteiger partial charge is 1.00 e. The van der Waals surface area contributed by atoms with Crippen molar-refractivity contribution in [3.63, 3.8) is 0 Å². The summed E-state index contributed by atoms with van der Waals surface area (Å²) in [5, 5.41) is 0. The van der Waals surface area contributed by atoms with Crippen LogP contribution in [0.5, 0.6) is 0 Å². The van der Waals surface area contributed by atoms with Gasteiger partial charge in [0.1, 0.15) is 0 Å². The van der Waals surface area contributed by atoms with Crippen LogP contribution in [0.25, 0.3) is 0 Å². The Labute approximate surface area is 88.8 Å². The van der Waals surface area contributed by atoms with Gasteiger partial charge in [-0.1, -0.05) is 0 Å². The van der Waals surface area contributed by atoms with Crippen LogP contribution < -0.4 is 12.4 Å². The van der Waals surface area contributed by atoms with E-state index in [-0.39, 0.29) is 28.3 Å². The molecule has 0 rings (SSSR count). The average Bonchev–Trinajstić information content (AvgIpc) is 1.85. The van der Waals surface area contributed by atoms with E-state index in [2.05, 4.69) is 27.7 Å². The second-order valence-corrected chi connectivity index (χ2v) is 4.41. The van der Waals surface area contributed by atoms with Crippen LogP contribution in [0.3, 0.4) is 0 Å². The van der Waals surface area contributed by atoms with Gasteiger partial charge in [-0.15, -0.1) is 0 Å². The average molecular weight is 209 g/mol. The zero-order valence-corrected chi connectivity index (χ0v) is 10.3. The molecule has 0 bridgehead atoms. The van der Waals surface area contributed by atoms with E-state index in [1.807, 2.05) is 0 Å². The predicted octanol–water partition coefficient (Wildman–Crippen LogP) is -1.13. The van der Waals surface area contributed by atoms with Crippen molar-refractivity contribution in [1.29, 1.82) is 0 Å². The summed E-state index contributed by atoms with van der Waals surface area (Å²) in [6.07, 6.45) is 0. The SMILES string of the molecule is CC(C)C[O][Al+][O]CC(C)C.[Cl-].